The third kappa shape index (κ3) is 4.61. The Kier molecular flexibility index (Phi) is 6.06. The van der Waals surface area contributed by atoms with Crippen molar-refractivity contribution in [3.05, 3.63) is 29.8 Å². The molecule has 1 saturated heterocycles. The lowest BCUT2D eigenvalue weighted by molar-refractivity contribution is -0.208. The van der Waals surface area contributed by atoms with Gasteiger partial charge in [0, 0.05) is 32.7 Å². The Bertz CT molecular complexity index is 558. The van der Waals surface area contributed by atoms with E-state index in [1.54, 1.807) is 29.2 Å². The average molecular weight is 346 g/mol. The van der Waals surface area contributed by atoms with Crippen LogP contribution in [0.15, 0.2) is 24.3 Å². The summed E-state index contributed by atoms with van der Waals surface area (Å²) in [6.45, 7) is 2.99. The second kappa shape index (κ2) is 7.85. The zero-order chi connectivity index (χ0) is 17.7. The minimum absolute atomic E-state index is 0.199. The molecule has 0 radical (unpaired) electrons. The van der Waals surface area contributed by atoms with Crippen LogP contribution in [0.25, 0.3) is 0 Å². The van der Waals surface area contributed by atoms with Crippen LogP contribution in [0.4, 0.5) is 13.2 Å². The van der Waals surface area contributed by atoms with E-state index in [-0.39, 0.29) is 19.0 Å². The van der Waals surface area contributed by atoms with E-state index < -0.39 is 18.8 Å². The molecular weight excluding hydrogens is 325 g/mol. The second-order valence-electron chi connectivity index (χ2n) is 5.58. The van der Waals surface area contributed by atoms with Gasteiger partial charge in [-0.25, -0.2) is 0 Å². The summed E-state index contributed by atoms with van der Waals surface area (Å²) in [6, 6.07) is 6.91. The first-order chi connectivity index (χ1) is 11.3. The molecule has 0 bridgehead atoms. The van der Waals surface area contributed by atoms with Crippen molar-refractivity contribution in [2.45, 2.75) is 19.2 Å². The summed E-state index contributed by atoms with van der Waals surface area (Å²) in [5.74, 6) is 0.301. The molecule has 1 aliphatic heterocycles. The lowest BCUT2D eigenvalue weighted by atomic mass is 10.1. The molecule has 1 unspecified atom stereocenters. The summed E-state index contributed by atoms with van der Waals surface area (Å²) in [6.07, 6.45) is -6.98. The van der Waals surface area contributed by atoms with Crippen molar-refractivity contribution in [1.82, 2.24) is 9.80 Å². The zero-order valence-corrected chi connectivity index (χ0v) is 13.4. The van der Waals surface area contributed by atoms with Gasteiger partial charge >= 0.3 is 6.18 Å². The number of ether oxygens (including phenoxy) is 1. The van der Waals surface area contributed by atoms with Gasteiger partial charge in [0.1, 0.15) is 5.75 Å². The number of β-amino-alcohol motifs (C(OH)–C–C–N with tert-alkyl or cyclic N) is 1. The van der Waals surface area contributed by atoms with Gasteiger partial charge in [0.25, 0.3) is 5.91 Å². The van der Waals surface area contributed by atoms with Gasteiger partial charge in [0.05, 0.1) is 12.2 Å². The molecule has 2 rings (SSSR count). The molecule has 1 heterocycles. The molecule has 1 atom stereocenters. The molecule has 1 N–H and O–H groups in total. The maximum Gasteiger partial charge on any atom is 0.415 e. The number of para-hydroxylation sites is 1. The Labute approximate surface area is 138 Å². The van der Waals surface area contributed by atoms with Gasteiger partial charge in [-0.2, -0.15) is 13.2 Å². The molecule has 5 nitrogen and oxygen atoms in total. The third-order valence-electron chi connectivity index (χ3n) is 3.89. The number of carbonyl (C=O) groups is 1. The summed E-state index contributed by atoms with van der Waals surface area (Å²) in [5, 5.41) is 9.12. The maximum atomic E-state index is 12.6. The predicted octanol–water partition coefficient (Wildman–Crippen LogP) is 1.77. The number of hydrogen-bond donors (Lipinski definition) is 1. The number of hydrogen-bond acceptors (Lipinski definition) is 4. The standard InChI is InChI=1S/C16H21F3N2O3/c1-2-24-13-6-4-3-5-12(13)15(23)21-9-7-20(8-10-21)11-14(22)16(17,18)19/h3-6,14,22H,2,7-11H2,1H3. The van der Waals surface area contributed by atoms with Gasteiger partial charge in [0.15, 0.2) is 6.10 Å². The first-order valence-corrected chi connectivity index (χ1v) is 7.81. The van der Waals surface area contributed by atoms with E-state index in [9.17, 15) is 18.0 Å². The number of halogens is 3. The number of piperazine rings is 1. The highest BCUT2D eigenvalue weighted by molar-refractivity contribution is 5.97. The molecule has 134 valence electrons. The number of benzene rings is 1. The quantitative estimate of drug-likeness (QED) is 0.883. The van der Waals surface area contributed by atoms with E-state index in [0.717, 1.165) is 0 Å². The largest absolute Gasteiger partial charge is 0.493 e. The highest BCUT2D eigenvalue weighted by Crippen LogP contribution is 2.23. The molecule has 0 aliphatic carbocycles. The van der Waals surface area contributed by atoms with Crippen LogP contribution in [0, 0.1) is 0 Å². The fourth-order valence-corrected chi connectivity index (χ4v) is 2.58. The van der Waals surface area contributed by atoms with Crippen molar-refractivity contribution in [2.24, 2.45) is 0 Å². The number of carbonyl (C=O) groups excluding carboxylic acids is 1. The van der Waals surface area contributed by atoms with Gasteiger partial charge in [0.2, 0.25) is 0 Å². The third-order valence-corrected chi connectivity index (χ3v) is 3.89. The van der Waals surface area contributed by atoms with E-state index in [1.807, 2.05) is 6.92 Å². The smallest absolute Gasteiger partial charge is 0.415 e. The van der Waals surface area contributed by atoms with Gasteiger partial charge in [-0.1, -0.05) is 12.1 Å². The first kappa shape index (κ1) is 18.5. The minimum Gasteiger partial charge on any atom is -0.493 e. The highest BCUT2D eigenvalue weighted by atomic mass is 19.4. The van der Waals surface area contributed by atoms with Crippen molar-refractivity contribution < 1.29 is 27.8 Å². The van der Waals surface area contributed by atoms with Crippen LogP contribution in [0.1, 0.15) is 17.3 Å². The summed E-state index contributed by atoms with van der Waals surface area (Å²) in [4.78, 5) is 15.7. The maximum absolute atomic E-state index is 12.6. The molecule has 1 aromatic rings. The molecule has 24 heavy (non-hydrogen) atoms. The fraction of sp³-hybridized carbons (Fsp3) is 0.562. The van der Waals surface area contributed by atoms with Crippen molar-refractivity contribution in [3.8, 4) is 5.75 Å². The lowest BCUT2D eigenvalue weighted by Crippen LogP contribution is -2.52. The van der Waals surface area contributed by atoms with Crippen molar-refractivity contribution in [2.75, 3.05) is 39.3 Å². The van der Waals surface area contributed by atoms with Crippen LogP contribution in [0.5, 0.6) is 5.75 Å². The topological polar surface area (TPSA) is 53.0 Å². The Morgan fingerprint density at radius 1 is 1.25 bits per heavy atom. The minimum atomic E-state index is -4.62. The van der Waals surface area contributed by atoms with Crippen LogP contribution in [-0.4, -0.2) is 72.4 Å². The Morgan fingerprint density at radius 3 is 2.46 bits per heavy atom. The number of amides is 1. The fourth-order valence-electron chi connectivity index (χ4n) is 2.58. The van der Waals surface area contributed by atoms with E-state index in [2.05, 4.69) is 0 Å². The molecule has 1 aliphatic rings. The number of aliphatic hydroxyl groups is 1. The number of nitrogens with zero attached hydrogens (tertiary/aromatic N) is 2. The van der Waals surface area contributed by atoms with Gasteiger partial charge in [-0.05, 0) is 19.1 Å². The Morgan fingerprint density at radius 2 is 1.88 bits per heavy atom. The lowest BCUT2D eigenvalue weighted by Gasteiger charge is -2.36. The molecule has 8 heteroatoms. The molecule has 0 aromatic heterocycles. The summed E-state index contributed by atoms with van der Waals surface area (Å²) < 4.78 is 42.6. The van der Waals surface area contributed by atoms with Gasteiger partial charge < -0.3 is 14.7 Å². The predicted molar refractivity (Wildman–Crippen MR) is 82.0 cm³/mol. The molecule has 1 amide bonds. The number of alkyl halides is 3. The Balaban J connectivity index is 1.94. The molecule has 1 aromatic carbocycles. The Hall–Kier alpha value is -1.80. The monoisotopic (exact) mass is 346 g/mol. The van der Waals surface area contributed by atoms with Crippen LogP contribution < -0.4 is 4.74 Å². The van der Waals surface area contributed by atoms with Crippen LogP contribution in [0.3, 0.4) is 0 Å². The zero-order valence-electron chi connectivity index (χ0n) is 13.4. The molecule has 0 spiro atoms. The summed E-state index contributed by atoms with van der Waals surface area (Å²) >= 11 is 0. The van der Waals surface area contributed by atoms with Crippen molar-refractivity contribution in [3.63, 3.8) is 0 Å². The van der Waals surface area contributed by atoms with Crippen molar-refractivity contribution in [1.29, 1.82) is 0 Å². The first-order valence-electron chi connectivity index (χ1n) is 7.81. The van der Waals surface area contributed by atoms with Gasteiger partial charge in [-0.3, -0.25) is 9.69 Å². The molecular formula is C16H21F3N2O3. The van der Waals surface area contributed by atoms with E-state index in [4.69, 9.17) is 9.84 Å². The summed E-state index contributed by atoms with van der Waals surface area (Å²) in [5.41, 5.74) is 0.447. The molecule has 0 saturated carbocycles. The van der Waals surface area contributed by atoms with Crippen molar-refractivity contribution >= 4 is 5.91 Å². The van der Waals surface area contributed by atoms with Gasteiger partial charge in [-0.15, -0.1) is 0 Å². The summed E-state index contributed by atoms with van der Waals surface area (Å²) in [7, 11) is 0. The van der Waals surface area contributed by atoms with E-state index in [1.165, 1.54) is 4.90 Å². The molecule has 1 fully saturated rings. The van der Waals surface area contributed by atoms with E-state index >= 15 is 0 Å². The van der Waals surface area contributed by atoms with Crippen LogP contribution in [-0.2, 0) is 0 Å². The average Bonchev–Trinajstić information content (AvgIpc) is 2.55. The number of aliphatic hydroxyl groups excluding tert-OH is 1. The SMILES string of the molecule is CCOc1ccccc1C(=O)N1CCN(CC(O)C(F)(F)F)CC1. The normalized spacial score (nSPS) is 17.6. The van der Waals surface area contributed by atoms with Crippen LogP contribution >= 0.6 is 0 Å². The van der Waals surface area contributed by atoms with E-state index in [0.29, 0.717) is 31.0 Å². The highest BCUT2D eigenvalue weighted by Gasteiger charge is 2.39. The number of rotatable bonds is 5. The second-order valence-corrected chi connectivity index (χ2v) is 5.58. The van der Waals surface area contributed by atoms with Crippen LogP contribution in [0.2, 0.25) is 0 Å².